The first-order chi connectivity index (χ1) is 8.97. The molecule has 0 aliphatic heterocycles. The first-order valence-electron chi connectivity index (χ1n) is 6.04. The van der Waals surface area contributed by atoms with E-state index < -0.39 is 29.9 Å². The molecule has 0 heterocycles. The summed E-state index contributed by atoms with van der Waals surface area (Å²) in [6, 6.07) is 2.21. The topological polar surface area (TPSA) is 64.3 Å². The molecular formula is C13H18F2N2O2. The number of nitrogens with two attached hydrogens (primary N) is 1. The van der Waals surface area contributed by atoms with Crippen molar-refractivity contribution >= 4 is 5.91 Å². The number of carbonyl (C=O) groups excluding carboxylic acids is 1. The summed E-state index contributed by atoms with van der Waals surface area (Å²) >= 11 is 0. The summed E-state index contributed by atoms with van der Waals surface area (Å²) in [5, 5.41) is 2.29. The summed E-state index contributed by atoms with van der Waals surface area (Å²) in [6.07, 6.45) is 1.11. The number of nitrogens with one attached hydrogen (secondary N) is 1. The zero-order chi connectivity index (χ0) is 14.4. The van der Waals surface area contributed by atoms with Gasteiger partial charge in [0.2, 0.25) is 0 Å². The van der Waals surface area contributed by atoms with Gasteiger partial charge in [0.05, 0.1) is 0 Å². The highest BCUT2D eigenvalue weighted by Gasteiger charge is 2.15. The van der Waals surface area contributed by atoms with Crippen LogP contribution in [-0.2, 0) is 11.2 Å². The number of benzene rings is 1. The Labute approximate surface area is 110 Å². The van der Waals surface area contributed by atoms with Crippen LogP contribution >= 0.6 is 0 Å². The third-order valence-electron chi connectivity index (χ3n) is 2.71. The smallest absolute Gasteiger partial charge is 0.257 e. The lowest BCUT2D eigenvalue weighted by Gasteiger charge is -2.12. The second-order valence-corrected chi connectivity index (χ2v) is 4.22. The molecule has 106 valence electrons. The molecule has 0 saturated carbocycles. The third kappa shape index (κ3) is 4.48. The second-order valence-electron chi connectivity index (χ2n) is 4.22. The summed E-state index contributed by atoms with van der Waals surface area (Å²) < 4.78 is 32.2. The molecule has 0 spiro atoms. The molecule has 0 saturated heterocycles. The van der Waals surface area contributed by atoms with Gasteiger partial charge in [-0.05, 0) is 30.5 Å². The van der Waals surface area contributed by atoms with E-state index in [1.165, 1.54) is 19.2 Å². The fourth-order valence-corrected chi connectivity index (χ4v) is 1.53. The molecule has 0 fully saturated rings. The van der Waals surface area contributed by atoms with E-state index in [0.717, 1.165) is 6.42 Å². The summed E-state index contributed by atoms with van der Waals surface area (Å²) in [7, 11) is 1.41. The van der Waals surface area contributed by atoms with Gasteiger partial charge in [0.15, 0.2) is 24.0 Å². The molecule has 4 nitrogen and oxygen atoms in total. The van der Waals surface area contributed by atoms with Gasteiger partial charge in [-0.15, -0.1) is 0 Å². The highest BCUT2D eigenvalue weighted by atomic mass is 19.1. The molecule has 0 aromatic heterocycles. The monoisotopic (exact) mass is 272 g/mol. The van der Waals surface area contributed by atoms with E-state index in [2.05, 4.69) is 5.32 Å². The van der Waals surface area contributed by atoms with Gasteiger partial charge >= 0.3 is 0 Å². The molecule has 1 atom stereocenters. The average molecular weight is 272 g/mol. The molecule has 0 aliphatic rings. The minimum atomic E-state index is -0.831. The van der Waals surface area contributed by atoms with Crippen LogP contribution < -0.4 is 15.8 Å². The van der Waals surface area contributed by atoms with Gasteiger partial charge in [0.25, 0.3) is 5.91 Å². The normalized spacial score (nSPS) is 12.1. The minimum Gasteiger partial charge on any atom is -0.478 e. The van der Waals surface area contributed by atoms with Crippen molar-refractivity contribution in [3.05, 3.63) is 29.3 Å². The number of hydrogen-bond donors (Lipinski definition) is 2. The number of rotatable bonds is 6. The Kier molecular flexibility index (Phi) is 5.69. The Morgan fingerprint density at radius 3 is 2.47 bits per heavy atom. The average Bonchev–Trinajstić information content (AvgIpc) is 2.37. The van der Waals surface area contributed by atoms with E-state index in [-0.39, 0.29) is 6.04 Å². The number of amides is 1. The second kappa shape index (κ2) is 7.04. The molecular weight excluding hydrogens is 254 g/mol. The van der Waals surface area contributed by atoms with Gasteiger partial charge < -0.3 is 15.8 Å². The van der Waals surface area contributed by atoms with E-state index in [9.17, 15) is 13.6 Å². The Hall–Kier alpha value is -1.69. The van der Waals surface area contributed by atoms with Crippen LogP contribution in [-0.4, -0.2) is 25.6 Å². The maximum Gasteiger partial charge on any atom is 0.257 e. The van der Waals surface area contributed by atoms with Crippen molar-refractivity contribution in [2.24, 2.45) is 5.73 Å². The number of likely N-dealkylation sites (N-methyl/N-ethyl adjacent to an activating group) is 1. The molecule has 1 unspecified atom stereocenters. The highest BCUT2D eigenvalue weighted by molar-refractivity contribution is 5.77. The molecule has 1 amide bonds. The Bertz CT molecular complexity index is 429. The largest absolute Gasteiger partial charge is 0.478 e. The van der Waals surface area contributed by atoms with E-state index in [4.69, 9.17) is 10.5 Å². The highest BCUT2D eigenvalue weighted by Crippen LogP contribution is 2.24. The Balaban J connectivity index is 2.82. The lowest BCUT2D eigenvalue weighted by Crippen LogP contribution is -2.25. The summed E-state index contributed by atoms with van der Waals surface area (Å²) in [6.45, 7) is 1.47. The van der Waals surface area contributed by atoms with Crippen LogP contribution in [0, 0.1) is 11.6 Å². The van der Waals surface area contributed by atoms with Crippen LogP contribution in [0.4, 0.5) is 8.78 Å². The molecule has 3 N–H and O–H groups in total. The molecule has 1 aromatic rings. The van der Waals surface area contributed by atoms with Crippen LogP contribution in [0.1, 0.15) is 18.9 Å². The van der Waals surface area contributed by atoms with Crippen LogP contribution in [0.5, 0.6) is 5.75 Å². The van der Waals surface area contributed by atoms with E-state index in [1.54, 1.807) is 0 Å². The first-order valence-corrected chi connectivity index (χ1v) is 6.04. The van der Waals surface area contributed by atoms with Crippen LogP contribution in [0.15, 0.2) is 12.1 Å². The van der Waals surface area contributed by atoms with Gasteiger partial charge in [-0.1, -0.05) is 6.92 Å². The number of halogens is 2. The molecule has 6 heteroatoms. The van der Waals surface area contributed by atoms with E-state index >= 15 is 0 Å². The molecule has 19 heavy (non-hydrogen) atoms. The molecule has 0 radical (unpaired) electrons. The quantitative estimate of drug-likeness (QED) is 0.822. The van der Waals surface area contributed by atoms with Gasteiger partial charge in [0.1, 0.15) is 0 Å². The maximum absolute atomic E-state index is 13.7. The van der Waals surface area contributed by atoms with Crippen LogP contribution in [0.2, 0.25) is 0 Å². The fourth-order valence-electron chi connectivity index (χ4n) is 1.53. The van der Waals surface area contributed by atoms with Crippen molar-refractivity contribution in [1.29, 1.82) is 0 Å². The SMILES string of the molecule is CCC(N)Cc1cc(F)c(OCC(=O)NC)c(F)c1. The van der Waals surface area contributed by atoms with Crippen molar-refractivity contribution in [3.63, 3.8) is 0 Å². The zero-order valence-electron chi connectivity index (χ0n) is 11.0. The van der Waals surface area contributed by atoms with Gasteiger partial charge in [-0.2, -0.15) is 0 Å². The van der Waals surface area contributed by atoms with Crippen molar-refractivity contribution in [2.75, 3.05) is 13.7 Å². The van der Waals surface area contributed by atoms with Crippen molar-refractivity contribution in [3.8, 4) is 5.75 Å². The Morgan fingerprint density at radius 2 is 2.00 bits per heavy atom. The number of hydrogen-bond acceptors (Lipinski definition) is 3. The molecule has 1 aromatic carbocycles. The van der Waals surface area contributed by atoms with Gasteiger partial charge in [0, 0.05) is 13.1 Å². The van der Waals surface area contributed by atoms with Crippen LogP contribution in [0.3, 0.4) is 0 Å². The van der Waals surface area contributed by atoms with Crippen LogP contribution in [0.25, 0.3) is 0 Å². The standard InChI is InChI=1S/C13H18F2N2O2/c1-3-9(16)4-8-5-10(14)13(11(15)6-8)19-7-12(18)17-2/h5-6,9H,3-4,7,16H2,1-2H3,(H,17,18). The van der Waals surface area contributed by atoms with E-state index in [0.29, 0.717) is 12.0 Å². The van der Waals surface area contributed by atoms with Crippen molar-refractivity contribution in [1.82, 2.24) is 5.32 Å². The van der Waals surface area contributed by atoms with Crippen molar-refractivity contribution < 1.29 is 18.3 Å². The number of carbonyl (C=O) groups is 1. The zero-order valence-corrected chi connectivity index (χ0v) is 11.0. The van der Waals surface area contributed by atoms with Gasteiger partial charge in [-0.25, -0.2) is 8.78 Å². The minimum absolute atomic E-state index is 0.142. The predicted octanol–water partition coefficient (Wildman–Crippen LogP) is 1.37. The van der Waals surface area contributed by atoms with Crippen molar-refractivity contribution in [2.45, 2.75) is 25.8 Å². The molecule has 0 aliphatic carbocycles. The Morgan fingerprint density at radius 1 is 1.42 bits per heavy atom. The summed E-state index contributed by atoms with van der Waals surface area (Å²) in [5.41, 5.74) is 6.20. The molecule has 1 rings (SSSR count). The lowest BCUT2D eigenvalue weighted by molar-refractivity contribution is -0.122. The van der Waals surface area contributed by atoms with Gasteiger partial charge in [-0.3, -0.25) is 4.79 Å². The maximum atomic E-state index is 13.7. The predicted molar refractivity (Wildman–Crippen MR) is 67.9 cm³/mol. The lowest BCUT2D eigenvalue weighted by atomic mass is 10.0. The number of ether oxygens (including phenoxy) is 1. The first kappa shape index (κ1) is 15.4. The summed E-state index contributed by atoms with van der Waals surface area (Å²) in [5.74, 6) is -2.67. The summed E-state index contributed by atoms with van der Waals surface area (Å²) in [4.78, 5) is 11.0. The fraction of sp³-hybridized carbons (Fsp3) is 0.462. The van der Waals surface area contributed by atoms with E-state index in [1.807, 2.05) is 6.92 Å². The third-order valence-corrected chi connectivity index (χ3v) is 2.71. The molecule has 0 bridgehead atoms.